The van der Waals surface area contributed by atoms with E-state index in [0.717, 1.165) is 11.3 Å². The molecule has 7 nitrogen and oxygen atoms in total. The van der Waals surface area contributed by atoms with Crippen LogP contribution in [0.15, 0.2) is 70.3 Å². The Morgan fingerprint density at radius 1 is 1.19 bits per heavy atom. The molecule has 0 aliphatic heterocycles. The number of nitrogens with zero attached hydrogens (tertiary/aromatic N) is 1. The van der Waals surface area contributed by atoms with E-state index in [1.165, 1.54) is 35.6 Å². The highest BCUT2D eigenvalue weighted by molar-refractivity contribution is 7.94. The van der Waals surface area contributed by atoms with Gasteiger partial charge in [0.1, 0.15) is 15.8 Å². The molecule has 0 saturated carbocycles. The number of carbonyl (C=O) groups is 1. The Kier molecular flexibility index (Phi) is 7.26. The van der Waals surface area contributed by atoms with Crippen molar-refractivity contribution in [3.63, 3.8) is 0 Å². The van der Waals surface area contributed by atoms with E-state index in [2.05, 4.69) is 5.32 Å². The number of sulfonamides is 1. The molecule has 2 N–H and O–H groups in total. The molecule has 3 aromatic rings. The molecule has 0 fully saturated rings. The summed E-state index contributed by atoms with van der Waals surface area (Å²) in [6.07, 6.45) is -1.04. The van der Waals surface area contributed by atoms with Gasteiger partial charge in [0, 0.05) is 13.6 Å². The molecule has 10 heteroatoms. The molecular weight excluding hydrogens is 443 g/mol. The fourth-order valence-electron chi connectivity index (χ4n) is 2.68. The second kappa shape index (κ2) is 9.90. The van der Waals surface area contributed by atoms with Gasteiger partial charge >= 0.3 is 0 Å². The fourth-order valence-corrected chi connectivity index (χ4v) is 5.04. The van der Waals surface area contributed by atoms with Crippen LogP contribution in [0.25, 0.3) is 0 Å². The first-order valence-corrected chi connectivity index (χ1v) is 11.5. The second-order valence-corrected chi connectivity index (χ2v) is 9.71. The van der Waals surface area contributed by atoms with Crippen LogP contribution in [0.4, 0.5) is 10.1 Å². The molecular formula is C21H21FN2O5S2. The Morgan fingerprint density at radius 2 is 1.94 bits per heavy atom. The van der Waals surface area contributed by atoms with Gasteiger partial charge in [0.25, 0.3) is 15.9 Å². The summed E-state index contributed by atoms with van der Waals surface area (Å²) in [5.74, 6) is -0.549. The van der Waals surface area contributed by atoms with Crippen molar-refractivity contribution in [2.24, 2.45) is 0 Å². The quantitative estimate of drug-likeness (QED) is 0.508. The van der Waals surface area contributed by atoms with Crippen molar-refractivity contribution < 1.29 is 27.4 Å². The molecule has 1 amide bonds. The lowest BCUT2D eigenvalue weighted by molar-refractivity contribution is -0.123. The van der Waals surface area contributed by atoms with Gasteiger partial charge in [0.15, 0.2) is 6.61 Å². The topological polar surface area (TPSA) is 95.9 Å². The largest absolute Gasteiger partial charge is 0.484 e. The molecule has 164 valence electrons. The van der Waals surface area contributed by atoms with E-state index in [-0.39, 0.29) is 17.4 Å². The number of rotatable bonds is 9. The van der Waals surface area contributed by atoms with Crippen LogP contribution in [0.5, 0.6) is 5.75 Å². The highest BCUT2D eigenvalue weighted by atomic mass is 32.2. The molecule has 0 saturated heterocycles. The number of halogens is 1. The standard InChI is InChI=1S/C21H21FN2O5S2/c1-24(31(27,28)21-6-3-11-30-21)17-7-9-18(10-8-17)29-14-20(26)23-13-19(25)15-4-2-5-16(22)12-15/h2-12,19,25H,13-14H2,1H3,(H,23,26). The number of benzene rings is 2. The second-order valence-electron chi connectivity index (χ2n) is 6.56. The van der Waals surface area contributed by atoms with Crippen LogP contribution in [-0.4, -0.2) is 39.6 Å². The minimum absolute atomic E-state index is 0.0873. The highest BCUT2D eigenvalue weighted by Crippen LogP contribution is 2.26. The summed E-state index contributed by atoms with van der Waals surface area (Å²) < 4.78 is 45.1. The molecule has 1 heterocycles. The minimum Gasteiger partial charge on any atom is -0.484 e. The first kappa shape index (κ1) is 22.7. The average Bonchev–Trinajstić information content (AvgIpc) is 3.32. The van der Waals surface area contributed by atoms with Crippen molar-refractivity contribution in [1.29, 1.82) is 0 Å². The summed E-state index contributed by atoms with van der Waals surface area (Å²) in [7, 11) is -2.17. The van der Waals surface area contributed by atoms with Gasteiger partial charge in [-0.15, -0.1) is 11.3 Å². The van der Waals surface area contributed by atoms with Crippen LogP contribution >= 0.6 is 11.3 Å². The van der Waals surface area contributed by atoms with Crippen LogP contribution in [0, 0.1) is 5.82 Å². The van der Waals surface area contributed by atoms with Gasteiger partial charge in [-0.3, -0.25) is 9.10 Å². The van der Waals surface area contributed by atoms with Gasteiger partial charge in [0.05, 0.1) is 11.8 Å². The number of hydrogen-bond donors (Lipinski definition) is 2. The van der Waals surface area contributed by atoms with Crippen molar-refractivity contribution >= 4 is 33.0 Å². The lowest BCUT2D eigenvalue weighted by Crippen LogP contribution is -2.32. The van der Waals surface area contributed by atoms with Crippen LogP contribution in [0.2, 0.25) is 0 Å². The number of carbonyl (C=O) groups excluding carboxylic acids is 1. The molecule has 0 radical (unpaired) electrons. The minimum atomic E-state index is -3.63. The van der Waals surface area contributed by atoms with E-state index >= 15 is 0 Å². The maximum atomic E-state index is 13.2. The number of thiophene rings is 1. The third-order valence-corrected chi connectivity index (χ3v) is 7.56. The van der Waals surface area contributed by atoms with Crippen LogP contribution in [0.3, 0.4) is 0 Å². The molecule has 3 rings (SSSR count). The zero-order chi connectivity index (χ0) is 22.4. The Balaban J connectivity index is 1.50. The van der Waals surface area contributed by atoms with Gasteiger partial charge in [-0.2, -0.15) is 0 Å². The number of aliphatic hydroxyl groups is 1. The number of anilines is 1. The number of nitrogens with one attached hydrogen (secondary N) is 1. The van der Waals surface area contributed by atoms with Crippen LogP contribution in [-0.2, 0) is 14.8 Å². The van der Waals surface area contributed by atoms with Gasteiger partial charge in [-0.05, 0) is 53.4 Å². The molecule has 2 aromatic carbocycles. The SMILES string of the molecule is CN(c1ccc(OCC(=O)NCC(O)c2cccc(F)c2)cc1)S(=O)(=O)c1cccs1. The number of hydrogen-bond acceptors (Lipinski definition) is 6. The summed E-state index contributed by atoms with van der Waals surface area (Å²) in [5.41, 5.74) is 0.807. The first-order valence-electron chi connectivity index (χ1n) is 9.23. The Morgan fingerprint density at radius 3 is 2.58 bits per heavy atom. The van der Waals surface area contributed by atoms with Gasteiger partial charge in [0.2, 0.25) is 0 Å². The molecule has 0 aliphatic rings. The van der Waals surface area contributed by atoms with E-state index in [4.69, 9.17) is 4.74 Å². The van der Waals surface area contributed by atoms with Crippen molar-refractivity contribution in [1.82, 2.24) is 5.32 Å². The fraction of sp³-hybridized carbons (Fsp3) is 0.190. The van der Waals surface area contributed by atoms with Gasteiger partial charge < -0.3 is 15.2 Å². The van der Waals surface area contributed by atoms with E-state index < -0.39 is 27.9 Å². The summed E-state index contributed by atoms with van der Waals surface area (Å²) in [4.78, 5) is 11.9. The predicted octanol–water partition coefficient (Wildman–Crippen LogP) is 2.94. The van der Waals surface area contributed by atoms with E-state index in [1.807, 2.05) is 0 Å². The van der Waals surface area contributed by atoms with Gasteiger partial charge in [-0.25, -0.2) is 12.8 Å². The lowest BCUT2D eigenvalue weighted by atomic mass is 10.1. The van der Waals surface area contributed by atoms with Crippen molar-refractivity contribution in [2.45, 2.75) is 10.3 Å². The Hall–Kier alpha value is -2.95. The lowest BCUT2D eigenvalue weighted by Gasteiger charge is -2.18. The maximum Gasteiger partial charge on any atom is 0.273 e. The van der Waals surface area contributed by atoms with Crippen LogP contribution in [0.1, 0.15) is 11.7 Å². The highest BCUT2D eigenvalue weighted by Gasteiger charge is 2.22. The first-order chi connectivity index (χ1) is 14.8. The Bertz CT molecular complexity index is 1120. The number of ether oxygens (including phenoxy) is 1. The van der Waals surface area contributed by atoms with Crippen molar-refractivity contribution in [3.05, 3.63) is 77.4 Å². The maximum absolute atomic E-state index is 13.2. The summed E-state index contributed by atoms with van der Waals surface area (Å²) >= 11 is 1.14. The molecule has 0 aliphatic carbocycles. The summed E-state index contributed by atoms with van der Waals surface area (Å²) in [6, 6.07) is 15.0. The van der Waals surface area contributed by atoms with Crippen molar-refractivity contribution in [2.75, 3.05) is 24.5 Å². The molecule has 0 spiro atoms. The van der Waals surface area contributed by atoms with E-state index in [0.29, 0.717) is 17.0 Å². The Labute approximate surface area is 183 Å². The third-order valence-electron chi connectivity index (χ3n) is 4.41. The third kappa shape index (κ3) is 5.81. The number of aliphatic hydroxyl groups excluding tert-OH is 1. The summed E-state index contributed by atoms with van der Waals surface area (Å²) in [6.45, 7) is -0.380. The molecule has 1 aromatic heterocycles. The smallest absolute Gasteiger partial charge is 0.273 e. The number of amides is 1. The van der Waals surface area contributed by atoms with Gasteiger partial charge in [-0.1, -0.05) is 18.2 Å². The molecule has 31 heavy (non-hydrogen) atoms. The van der Waals surface area contributed by atoms with E-state index in [1.54, 1.807) is 41.8 Å². The molecule has 0 bridgehead atoms. The zero-order valence-electron chi connectivity index (χ0n) is 16.6. The van der Waals surface area contributed by atoms with Crippen molar-refractivity contribution in [3.8, 4) is 5.75 Å². The van der Waals surface area contributed by atoms with Crippen LogP contribution < -0.4 is 14.4 Å². The normalized spacial score (nSPS) is 12.2. The zero-order valence-corrected chi connectivity index (χ0v) is 18.2. The molecule has 1 unspecified atom stereocenters. The average molecular weight is 465 g/mol. The predicted molar refractivity (Wildman–Crippen MR) is 116 cm³/mol. The summed E-state index contributed by atoms with van der Waals surface area (Å²) in [5, 5.41) is 14.2. The molecule has 1 atom stereocenters. The van der Waals surface area contributed by atoms with E-state index in [9.17, 15) is 22.7 Å². The monoisotopic (exact) mass is 464 g/mol.